The minimum atomic E-state index is -0.942. The van der Waals surface area contributed by atoms with E-state index in [9.17, 15) is 9.59 Å². The number of benzene rings is 1. The van der Waals surface area contributed by atoms with Gasteiger partial charge in [0.25, 0.3) is 0 Å². The van der Waals surface area contributed by atoms with Crippen molar-refractivity contribution in [3.8, 4) is 0 Å². The molecular formula is C16H16ClNO3S. The summed E-state index contributed by atoms with van der Waals surface area (Å²) in [4.78, 5) is 23.0. The molecule has 1 aromatic carbocycles. The Hall–Kier alpha value is -1.85. The fourth-order valence-corrected chi connectivity index (χ4v) is 3.07. The molecule has 0 spiro atoms. The monoisotopic (exact) mass is 337 g/mol. The first kappa shape index (κ1) is 16.5. The van der Waals surface area contributed by atoms with E-state index in [-0.39, 0.29) is 18.7 Å². The third-order valence-corrected chi connectivity index (χ3v) is 4.07. The first-order valence-electron chi connectivity index (χ1n) is 6.79. The van der Waals surface area contributed by atoms with Crippen LogP contribution < -0.4 is 5.32 Å². The van der Waals surface area contributed by atoms with Crippen LogP contribution in [0.3, 0.4) is 0 Å². The lowest BCUT2D eigenvalue weighted by Gasteiger charge is -2.17. The lowest BCUT2D eigenvalue weighted by atomic mass is 10.0. The zero-order chi connectivity index (χ0) is 15.9. The standard InChI is InChI=1S/C16H16ClNO3S/c17-13-3-1-2-11(6-13)7-14(9-16(20)21)18-15(19)8-12-4-5-22-10-12/h1-6,10,14H,7-9H2,(H,18,19)(H,20,21). The van der Waals surface area contributed by atoms with Crippen LogP contribution in [-0.2, 0) is 22.4 Å². The van der Waals surface area contributed by atoms with Crippen LogP contribution in [0.5, 0.6) is 0 Å². The van der Waals surface area contributed by atoms with Gasteiger partial charge in [-0.1, -0.05) is 23.7 Å². The van der Waals surface area contributed by atoms with Gasteiger partial charge in [0.05, 0.1) is 12.8 Å². The minimum Gasteiger partial charge on any atom is -0.481 e. The van der Waals surface area contributed by atoms with Gasteiger partial charge in [-0.25, -0.2) is 0 Å². The van der Waals surface area contributed by atoms with Gasteiger partial charge >= 0.3 is 5.97 Å². The number of carbonyl (C=O) groups excluding carboxylic acids is 1. The maximum absolute atomic E-state index is 12.0. The average Bonchev–Trinajstić information content (AvgIpc) is 2.90. The summed E-state index contributed by atoms with van der Waals surface area (Å²) < 4.78 is 0. The van der Waals surface area contributed by atoms with E-state index in [4.69, 9.17) is 16.7 Å². The number of nitrogens with one attached hydrogen (secondary N) is 1. The fourth-order valence-electron chi connectivity index (χ4n) is 2.19. The van der Waals surface area contributed by atoms with E-state index in [0.717, 1.165) is 11.1 Å². The van der Waals surface area contributed by atoms with E-state index in [2.05, 4.69) is 5.32 Å². The molecule has 0 saturated heterocycles. The number of carboxylic acid groups (broad SMARTS) is 1. The van der Waals surface area contributed by atoms with Crippen molar-refractivity contribution in [1.29, 1.82) is 0 Å². The molecule has 2 aromatic rings. The summed E-state index contributed by atoms with van der Waals surface area (Å²) in [5.74, 6) is -1.12. The second-order valence-corrected chi connectivity index (χ2v) is 6.22. The molecule has 1 heterocycles. The summed E-state index contributed by atoms with van der Waals surface area (Å²) in [7, 11) is 0. The van der Waals surface area contributed by atoms with Crippen LogP contribution in [0.15, 0.2) is 41.1 Å². The lowest BCUT2D eigenvalue weighted by Crippen LogP contribution is -2.38. The quantitative estimate of drug-likeness (QED) is 0.815. The Morgan fingerprint density at radius 2 is 2.09 bits per heavy atom. The molecule has 0 aliphatic carbocycles. The molecule has 0 aliphatic heterocycles. The van der Waals surface area contributed by atoms with Crippen LogP contribution in [0.4, 0.5) is 0 Å². The van der Waals surface area contributed by atoms with Crippen LogP contribution in [0, 0.1) is 0 Å². The first-order chi connectivity index (χ1) is 10.5. The van der Waals surface area contributed by atoms with Crippen LogP contribution in [0.1, 0.15) is 17.5 Å². The van der Waals surface area contributed by atoms with Crippen molar-refractivity contribution >= 4 is 34.8 Å². The first-order valence-corrected chi connectivity index (χ1v) is 8.11. The lowest BCUT2D eigenvalue weighted by molar-refractivity contribution is -0.137. The van der Waals surface area contributed by atoms with Crippen molar-refractivity contribution < 1.29 is 14.7 Å². The molecule has 0 aliphatic rings. The molecule has 0 fully saturated rings. The van der Waals surface area contributed by atoms with E-state index >= 15 is 0 Å². The largest absolute Gasteiger partial charge is 0.481 e. The van der Waals surface area contributed by atoms with Crippen LogP contribution in [0.25, 0.3) is 0 Å². The number of carbonyl (C=O) groups is 2. The Labute approximate surface area is 137 Å². The average molecular weight is 338 g/mol. The molecule has 1 amide bonds. The number of thiophene rings is 1. The molecule has 116 valence electrons. The maximum atomic E-state index is 12.0. The minimum absolute atomic E-state index is 0.123. The third kappa shape index (κ3) is 5.50. The molecule has 4 nitrogen and oxygen atoms in total. The zero-order valence-corrected chi connectivity index (χ0v) is 13.4. The second kappa shape index (κ2) is 7.96. The maximum Gasteiger partial charge on any atom is 0.305 e. The summed E-state index contributed by atoms with van der Waals surface area (Å²) in [5.41, 5.74) is 1.83. The van der Waals surface area contributed by atoms with Crippen LogP contribution in [-0.4, -0.2) is 23.0 Å². The summed E-state index contributed by atoms with van der Waals surface area (Å²) in [6.07, 6.45) is 0.569. The highest BCUT2D eigenvalue weighted by Gasteiger charge is 2.17. The number of hydrogen-bond donors (Lipinski definition) is 2. The van der Waals surface area contributed by atoms with E-state index in [1.54, 1.807) is 12.1 Å². The molecule has 0 bridgehead atoms. The van der Waals surface area contributed by atoms with Gasteiger partial charge in [-0.05, 0) is 46.5 Å². The molecule has 1 unspecified atom stereocenters. The summed E-state index contributed by atoms with van der Waals surface area (Å²) >= 11 is 7.46. The Kier molecular flexibility index (Phi) is 5.98. The van der Waals surface area contributed by atoms with Crippen molar-refractivity contribution in [3.05, 3.63) is 57.2 Å². The Morgan fingerprint density at radius 3 is 2.73 bits per heavy atom. The summed E-state index contributed by atoms with van der Waals surface area (Å²) in [6, 6.07) is 8.64. The number of hydrogen-bond acceptors (Lipinski definition) is 3. The van der Waals surface area contributed by atoms with E-state index in [1.807, 2.05) is 29.0 Å². The van der Waals surface area contributed by atoms with Gasteiger partial charge in [-0.3, -0.25) is 9.59 Å². The highest BCUT2D eigenvalue weighted by molar-refractivity contribution is 7.08. The van der Waals surface area contributed by atoms with Gasteiger partial charge in [0.1, 0.15) is 0 Å². The smallest absolute Gasteiger partial charge is 0.305 e. The van der Waals surface area contributed by atoms with Crippen LogP contribution in [0.2, 0.25) is 5.02 Å². The molecule has 0 radical (unpaired) electrons. The van der Waals surface area contributed by atoms with Crippen molar-refractivity contribution in [3.63, 3.8) is 0 Å². The Morgan fingerprint density at radius 1 is 1.27 bits per heavy atom. The number of aliphatic carboxylic acids is 1. The predicted octanol–water partition coefficient (Wildman–Crippen LogP) is 3.15. The third-order valence-electron chi connectivity index (χ3n) is 3.10. The number of halogens is 1. The van der Waals surface area contributed by atoms with Gasteiger partial charge in [-0.15, -0.1) is 0 Å². The van der Waals surface area contributed by atoms with Crippen molar-refractivity contribution in [2.75, 3.05) is 0 Å². The number of carboxylic acids is 1. The topological polar surface area (TPSA) is 66.4 Å². The normalized spacial score (nSPS) is 11.9. The molecular weight excluding hydrogens is 322 g/mol. The second-order valence-electron chi connectivity index (χ2n) is 5.00. The van der Waals surface area contributed by atoms with Crippen molar-refractivity contribution in [1.82, 2.24) is 5.32 Å². The van der Waals surface area contributed by atoms with Gasteiger partial charge in [0.2, 0.25) is 5.91 Å². The Bertz CT molecular complexity index is 643. The van der Waals surface area contributed by atoms with E-state index in [1.165, 1.54) is 11.3 Å². The fraction of sp³-hybridized carbons (Fsp3) is 0.250. The van der Waals surface area contributed by atoms with Gasteiger partial charge < -0.3 is 10.4 Å². The van der Waals surface area contributed by atoms with Gasteiger partial charge in [0.15, 0.2) is 0 Å². The highest BCUT2D eigenvalue weighted by Crippen LogP contribution is 2.14. The Balaban J connectivity index is 1.99. The zero-order valence-electron chi connectivity index (χ0n) is 11.8. The molecule has 0 saturated carbocycles. The van der Waals surface area contributed by atoms with Gasteiger partial charge in [-0.2, -0.15) is 11.3 Å². The molecule has 1 aromatic heterocycles. The molecule has 1 atom stereocenters. The van der Waals surface area contributed by atoms with Crippen molar-refractivity contribution in [2.45, 2.75) is 25.3 Å². The number of amides is 1. The van der Waals surface area contributed by atoms with Crippen LogP contribution >= 0.6 is 22.9 Å². The SMILES string of the molecule is O=C(O)CC(Cc1cccc(Cl)c1)NC(=O)Cc1ccsc1. The van der Waals surface area contributed by atoms with E-state index in [0.29, 0.717) is 11.4 Å². The van der Waals surface area contributed by atoms with E-state index < -0.39 is 12.0 Å². The molecule has 6 heteroatoms. The highest BCUT2D eigenvalue weighted by atomic mass is 35.5. The molecule has 2 rings (SSSR count). The summed E-state index contributed by atoms with van der Waals surface area (Å²) in [6.45, 7) is 0. The van der Waals surface area contributed by atoms with Crippen molar-refractivity contribution in [2.24, 2.45) is 0 Å². The molecule has 2 N–H and O–H groups in total. The van der Waals surface area contributed by atoms with Gasteiger partial charge in [0, 0.05) is 11.1 Å². The number of rotatable bonds is 7. The summed E-state index contributed by atoms with van der Waals surface area (Å²) in [5, 5.41) is 16.2. The molecule has 22 heavy (non-hydrogen) atoms. The predicted molar refractivity (Wildman–Crippen MR) is 87.4 cm³/mol.